The molecule has 1 aromatic carbocycles. The number of aromatic carboxylic acids is 1. The molecule has 0 radical (unpaired) electrons. The van der Waals surface area contributed by atoms with Gasteiger partial charge in [0.1, 0.15) is 5.69 Å². The molecule has 0 heterocycles. The first-order valence-electron chi connectivity index (χ1n) is 6.75. The highest BCUT2D eigenvalue weighted by Crippen LogP contribution is 2.25. The zero-order chi connectivity index (χ0) is 15.8. The van der Waals surface area contributed by atoms with Crippen molar-refractivity contribution in [2.45, 2.75) is 20.3 Å². The van der Waals surface area contributed by atoms with Crippen LogP contribution in [0.4, 0.5) is 11.4 Å². The number of nitrogens with one attached hydrogen (secondary N) is 1. The molecule has 21 heavy (non-hydrogen) atoms. The summed E-state index contributed by atoms with van der Waals surface area (Å²) in [4.78, 5) is 21.2. The molecule has 0 aliphatic rings. The van der Waals surface area contributed by atoms with Gasteiger partial charge in [0, 0.05) is 19.2 Å². The minimum absolute atomic E-state index is 0.00354. The molecular weight excluding hydrogens is 276 g/mol. The molecule has 0 saturated carbocycles. The van der Waals surface area contributed by atoms with Crippen molar-refractivity contribution in [3.8, 4) is 0 Å². The van der Waals surface area contributed by atoms with Crippen LogP contribution in [-0.2, 0) is 4.74 Å². The molecule has 0 aliphatic heterocycles. The fourth-order valence-corrected chi connectivity index (χ4v) is 1.65. The highest BCUT2D eigenvalue weighted by Gasteiger charge is 2.16. The van der Waals surface area contributed by atoms with Crippen LogP contribution in [-0.4, -0.2) is 35.8 Å². The van der Waals surface area contributed by atoms with Crippen molar-refractivity contribution in [2.24, 2.45) is 5.92 Å². The summed E-state index contributed by atoms with van der Waals surface area (Å²) in [7, 11) is 0. The Hall–Kier alpha value is -2.15. The second kappa shape index (κ2) is 8.21. The number of carboxylic acids is 1. The van der Waals surface area contributed by atoms with Gasteiger partial charge in [-0.05, 0) is 24.5 Å². The third kappa shape index (κ3) is 5.78. The predicted octanol–water partition coefficient (Wildman–Crippen LogP) is 2.77. The van der Waals surface area contributed by atoms with Crippen LogP contribution in [0.3, 0.4) is 0 Å². The zero-order valence-corrected chi connectivity index (χ0v) is 12.2. The van der Waals surface area contributed by atoms with Crippen LogP contribution in [0.5, 0.6) is 0 Å². The minimum Gasteiger partial charge on any atom is -0.478 e. The van der Waals surface area contributed by atoms with E-state index in [2.05, 4.69) is 19.2 Å². The summed E-state index contributed by atoms with van der Waals surface area (Å²) in [5, 5.41) is 22.7. The summed E-state index contributed by atoms with van der Waals surface area (Å²) < 4.78 is 5.40. The quantitative estimate of drug-likeness (QED) is 0.413. The summed E-state index contributed by atoms with van der Waals surface area (Å²) >= 11 is 0. The maximum atomic E-state index is 10.9. The van der Waals surface area contributed by atoms with Gasteiger partial charge in [0.05, 0.1) is 17.1 Å². The second-order valence-corrected chi connectivity index (χ2v) is 5.02. The van der Waals surface area contributed by atoms with E-state index >= 15 is 0 Å². The van der Waals surface area contributed by atoms with Gasteiger partial charge in [-0.2, -0.15) is 0 Å². The molecule has 0 unspecified atom stereocenters. The average molecular weight is 296 g/mol. The first-order chi connectivity index (χ1) is 9.91. The number of hydrogen-bond donors (Lipinski definition) is 2. The van der Waals surface area contributed by atoms with E-state index in [1.807, 2.05) is 0 Å². The number of nitro benzene ring substituents is 1. The standard InChI is InChI=1S/C14H20N2O5/c1-10(2)5-7-21-8-6-15-12-9-11(14(17)18)3-4-13(12)16(19)20/h3-4,9-10,15H,5-8H2,1-2H3,(H,17,18). The maximum absolute atomic E-state index is 10.9. The SMILES string of the molecule is CC(C)CCOCCNc1cc(C(=O)O)ccc1[N+](=O)[O-]. The van der Waals surface area contributed by atoms with Crippen LogP contribution in [0.25, 0.3) is 0 Å². The Kier molecular flexibility index (Phi) is 6.61. The van der Waals surface area contributed by atoms with Gasteiger partial charge in [0.2, 0.25) is 0 Å². The van der Waals surface area contributed by atoms with Crippen LogP contribution in [0.15, 0.2) is 18.2 Å². The summed E-state index contributed by atoms with van der Waals surface area (Å²) in [5.41, 5.74) is 0.0402. The Morgan fingerprint density at radius 2 is 2.14 bits per heavy atom. The molecule has 116 valence electrons. The number of benzene rings is 1. The summed E-state index contributed by atoms with van der Waals surface area (Å²) in [5.74, 6) is -0.563. The van der Waals surface area contributed by atoms with Gasteiger partial charge < -0.3 is 15.2 Å². The maximum Gasteiger partial charge on any atom is 0.335 e. The van der Waals surface area contributed by atoms with Gasteiger partial charge >= 0.3 is 5.97 Å². The van der Waals surface area contributed by atoms with Crippen LogP contribution in [0.2, 0.25) is 0 Å². The van der Waals surface area contributed by atoms with E-state index in [-0.39, 0.29) is 16.9 Å². The first kappa shape index (κ1) is 16.9. The number of hydrogen-bond acceptors (Lipinski definition) is 5. The van der Waals surface area contributed by atoms with Gasteiger partial charge in [-0.3, -0.25) is 10.1 Å². The number of nitrogens with zero attached hydrogens (tertiary/aromatic N) is 1. The monoisotopic (exact) mass is 296 g/mol. The Balaban J connectivity index is 2.57. The van der Waals surface area contributed by atoms with E-state index in [0.717, 1.165) is 6.42 Å². The minimum atomic E-state index is -1.12. The van der Waals surface area contributed by atoms with Gasteiger partial charge in [-0.1, -0.05) is 13.8 Å². The first-order valence-corrected chi connectivity index (χ1v) is 6.75. The highest BCUT2D eigenvalue weighted by atomic mass is 16.6. The lowest BCUT2D eigenvalue weighted by Crippen LogP contribution is -2.12. The van der Waals surface area contributed by atoms with E-state index in [1.54, 1.807) is 0 Å². The van der Waals surface area contributed by atoms with Gasteiger partial charge in [-0.25, -0.2) is 4.79 Å². The molecule has 2 N–H and O–H groups in total. The van der Waals surface area contributed by atoms with Crippen LogP contribution >= 0.6 is 0 Å². The van der Waals surface area contributed by atoms with Crippen molar-refractivity contribution in [3.63, 3.8) is 0 Å². The van der Waals surface area contributed by atoms with Crippen molar-refractivity contribution >= 4 is 17.3 Å². The third-order valence-corrected chi connectivity index (χ3v) is 2.84. The van der Waals surface area contributed by atoms with E-state index in [9.17, 15) is 14.9 Å². The largest absolute Gasteiger partial charge is 0.478 e. The molecule has 0 fully saturated rings. The normalized spacial score (nSPS) is 10.6. The van der Waals surface area contributed by atoms with E-state index < -0.39 is 10.9 Å². The second-order valence-electron chi connectivity index (χ2n) is 5.02. The van der Waals surface area contributed by atoms with Gasteiger partial charge in [-0.15, -0.1) is 0 Å². The number of nitro groups is 1. The molecule has 0 amide bonds. The summed E-state index contributed by atoms with van der Waals surface area (Å²) in [6.07, 6.45) is 0.953. The van der Waals surface area contributed by atoms with Crippen LogP contribution in [0.1, 0.15) is 30.6 Å². The third-order valence-electron chi connectivity index (χ3n) is 2.84. The number of anilines is 1. The summed E-state index contributed by atoms with van der Waals surface area (Å²) in [6, 6.07) is 3.66. The fourth-order valence-electron chi connectivity index (χ4n) is 1.65. The van der Waals surface area contributed by atoms with Gasteiger partial charge in [0.25, 0.3) is 5.69 Å². The molecule has 0 saturated heterocycles. The molecular formula is C14H20N2O5. The Bertz CT molecular complexity index is 502. The molecule has 0 aliphatic carbocycles. The lowest BCUT2D eigenvalue weighted by atomic mass is 10.1. The van der Waals surface area contributed by atoms with Crippen LogP contribution < -0.4 is 5.32 Å². The topological polar surface area (TPSA) is 102 Å². The summed E-state index contributed by atoms with van der Waals surface area (Å²) in [6.45, 7) is 5.62. The lowest BCUT2D eigenvalue weighted by Gasteiger charge is -2.09. The van der Waals surface area contributed by atoms with E-state index in [1.165, 1.54) is 18.2 Å². The number of ether oxygens (including phenoxy) is 1. The Morgan fingerprint density at radius 3 is 2.71 bits per heavy atom. The smallest absolute Gasteiger partial charge is 0.335 e. The highest BCUT2D eigenvalue weighted by molar-refractivity contribution is 5.90. The lowest BCUT2D eigenvalue weighted by molar-refractivity contribution is -0.384. The van der Waals surface area contributed by atoms with Crippen molar-refractivity contribution in [1.29, 1.82) is 0 Å². The molecule has 7 nitrogen and oxygen atoms in total. The number of carboxylic acid groups (broad SMARTS) is 1. The van der Waals surface area contributed by atoms with E-state index in [0.29, 0.717) is 25.7 Å². The van der Waals surface area contributed by atoms with Crippen molar-refractivity contribution in [3.05, 3.63) is 33.9 Å². The molecule has 1 aromatic rings. The molecule has 1 rings (SSSR count). The Morgan fingerprint density at radius 1 is 1.43 bits per heavy atom. The molecule has 0 spiro atoms. The predicted molar refractivity (Wildman–Crippen MR) is 78.8 cm³/mol. The Labute approximate surface area is 123 Å². The number of rotatable bonds is 9. The van der Waals surface area contributed by atoms with E-state index in [4.69, 9.17) is 9.84 Å². The van der Waals surface area contributed by atoms with Crippen molar-refractivity contribution in [1.82, 2.24) is 0 Å². The molecule has 7 heteroatoms. The van der Waals surface area contributed by atoms with Crippen molar-refractivity contribution < 1.29 is 19.6 Å². The van der Waals surface area contributed by atoms with Crippen LogP contribution in [0, 0.1) is 16.0 Å². The van der Waals surface area contributed by atoms with Crippen molar-refractivity contribution in [2.75, 3.05) is 25.1 Å². The molecule has 0 aromatic heterocycles. The molecule has 0 atom stereocenters. The van der Waals surface area contributed by atoms with Gasteiger partial charge in [0.15, 0.2) is 0 Å². The molecule has 0 bridgehead atoms. The average Bonchev–Trinajstić information content (AvgIpc) is 2.41. The number of carbonyl (C=O) groups is 1. The zero-order valence-electron chi connectivity index (χ0n) is 12.2. The fraction of sp³-hybridized carbons (Fsp3) is 0.500.